The average Bonchev–Trinajstić information content (AvgIpc) is 2.69. The number of rotatable bonds is 8. The van der Waals surface area contributed by atoms with Crippen LogP contribution in [0.4, 0.5) is 11.4 Å². The molecule has 0 spiro atoms. The first-order valence-electron chi connectivity index (χ1n) is 10.6. The fraction of sp³-hybridized carbons (Fsp3) is 0.440. The highest BCUT2D eigenvalue weighted by molar-refractivity contribution is 5.96. The number of benzene rings is 2. The van der Waals surface area contributed by atoms with Crippen LogP contribution in [-0.2, 0) is 9.59 Å². The van der Waals surface area contributed by atoms with Crippen molar-refractivity contribution in [3.8, 4) is 0 Å². The highest BCUT2D eigenvalue weighted by Crippen LogP contribution is 2.22. The normalized spacial score (nSPS) is 13.1. The molecular formula is C25H35N3O2. The predicted molar refractivity (Wildman–Crippen MR) is 125 cm³/mol. The van der Waals surface area contributed by atoms with E-state index in [9.17, 15) is 9.59 Å². The first-order chi connectivity index (χ1) is 14.1. The molecule has 0 saturated carbocycles. The second kappa shape index (κ2) is 10.4. The molecule has 5 nitrogen and oxygen atoms in total. The Kier molecular flexibility index (Phi) is 8.18. The Bertz CT molecular complexity index is 867. The molecule has 2 rings (SSSR count). The summed E-state index contributed by atoms with van der Waals surface area (Å²) in [6.07, 6.45) is 1.08. The van der Waals surface area contributed by atoms with Crippen LogP contribution in [0.2, 0.25) is 0 Å². The van der Waals surface area contributed by atoms with E-state index in [0.717, 1.165) is 28.9 Å². The Hall–Kier alpha value is -2.66. The number of aryl methyl sites for hydroxylation is 3. The van der Waals surface area contributed by atoms with E-state index in [2.05, 4.69) is 48.7 Å². The van der Waals surface area contributed by atoms with E-state index in [-0.39, 0.29) is 18.4 Å². The summed E-state index contributed by atoms with van der Waals surface area (Å²) in [6, 6.07) is 11.6. The van der Waals surface area contributed by atoms with E-state index in [1.807, 2.05) is 32.9 Å². The molecule has 0 heterocycles. The molecule has 2 aromatic carbocycles. The van der Waals surface area contributed by atoms with Gasteiger partial charge in [-0.2, -0.15) is 0 Å². The molecule has 2 N–H and O–H groups in total. The first-order valence-corrected chi connectivity index (χ1v) is 10.6. The number of anilines is 2. The van der Waals surface area contributed by atoms with Crippen LogP contribution < -0.4 is 10.6 Å². The van der Waals surface area contributed by atoms with Gasteiger partial charge < -0.3 is 10.6 Å². The van der Waals surface area contributed by atoms with Crippen molar-refractivity contribution in [1.29, 1.82) is 0 Å². The monoisotopic (exact) mass is 409 g/mol. The summed E-state index contributed by atoms with van der Waals surface area (Å²) in [7, 11) is 1.78. The largest absolute Gasteiger partial charge is 0.325 e. The molecule has 162 valence electrons. The van der Waals surface area contributed by atoms with Crippen molar-refractivity contribution in [3.63, 3.8) is 0 Å². The molecule has 2 unspecified atom stereocenters. The zero-order chi connectivity index (χ0) is 22.4. The van der Waals surface area contributed by atoms with Gasteiger partial charge in [-0.15, -0.1) is 0 Å². The number of likely N-dealkylation sites (N-methyl/N-ethyl adjacent to an activating group) is 1. The summed E-state index contributed by atoms with van der Waals surface area (Å²) < 4.78 is 0. The van der Waals surface area contributed by atoms with Gasteiger partial charge >= 0.3 is 0 Å². The highest BCUT2D eigenvalue weighted by Gasteiger charge is 2.21. The number of carbonyl (C=O) groups excluding carboxylic acids is 2. The van der Waals surface area contributed by atoms with E-state index in [1.165, 1.54) is 11.1 Å². The van der Waals surface area contributed by atoms with Gasteiger partial charge in [-0.25, -0.2) is 0 Å². The minimum absolute atomic E-state index is 0.133. The molecular weight excluding hydrogens is 374 g/mol. The van der Waals surface area contributed by atoms with Crippen molar-refractivity contribution >= 4 is 23.2 Å². The Balaban J connectivity index is 1.94. The molecule has 0 aliphatic heterocycles. The fourth-order valence-electron chi connectivity index (χ4n) is 3.50. The van der Waals surface area contributed by atoms with Crippen molar-refractivity contribution in [2.75, 3.05) is 24.2 Å². The van der Waals surface area contributed by atoms with Crippen molar-refractivity contribution in [2.24, 2.45) is 0 Å². The summed E-state index contributed by atoms with van der Waals surface area (Å²) in [4.78, 5) is 26.9. The number of nitrogens with one attached hydrogen (secondary N) is 2. The van der Waals surface area contributed by atoms with Gasteiger partial charge in [-0.1, -0.05) is 43.7 Å². The minimum Gasteiger partial charge on any atom is -0.325 e. The number of carbonyl (C=O) groups is 2. The number of amides is 2. The van der Waals surface area contributed by atoms with Crippen molar-refractivity contribution < 1.29 is 9.59 Å². The third-order valence-corrected chi connectivity index (χ3v) is 5.73. The third kappa shape index (κ3) is 6.17. The molecule has 0 saturated heterocycles. The second-order valence-electron chi connectivity index (χ2n) is 8.33. The van der Waals surface area contributed by atoms with Gasteiger partial charge in [0.15, 0.2) is 0 Å². The molecule has 2 atom stereocenters. The van der Waals surface area contributed by atoms with E-state index >= 15 is 0 Å². The molecule has 0 bridgehead atoms. The van der Waals surface area contributed by atoms with Crippen LogP contribution >= 0.6 is 0 Å². The van der Waals surface area contributed by atoms with Crippen LogP contribution in [-0.4, -0.2) is 36.3 Å². The lowest BCUT2D eigenvalue weighted by molar-refractivity contribution is -0.122. The molecule has 2 aromatic rings. The standard InChI is InChI=1S/C25H35N3O2/c1-8-17(3)21-9-11-22(12-10-21)26-25(30)20(6)28(7)15-23(29)27-24-18(4)13-16(2)14-19(24)5/h9-14,17,20H,8,15H2,1-7H3,(H,26,30)(H,27,29). The molecule has 30 heavy (non-hydrogen) atoms. The van der Waals surface area contributed by atoms with Crippen LogP contribution in [0.15, 0.2) is 36.4 Å². The maximum absolute atomic E-state index is 12.6. The van der Waals surface area contributed by atoms with Crippen molar-refractivity contribution in [3.05, 3.63) is 58.7 Å². The Morgan fingerprint density at radius 3 is 2.07 bits per heavy atom. The van der Waals surface area contributed by atoms with E-state index in [0.29, 0.717) is 5.92 Å². The number of hydrogen-bond donors (Lipinski definition) is 2. The van der Waals surface area contributed by atoms with Crippen molar-refractivity contribution in [2.45, 2.75) is 59.9 Å². The predicted octanol–water partition coefficient (Wildman–Crippen LogP) is 5.02. The zero-order valence-electron chi connectivity index (χ0n) is 19.3. The maximum Gasteiger partial charge on any atom is 0.241 e. The summed E-state index contributed by atoms with van der Waals surface area (Å²) in [5.74, 6) is 0.230. The number of nitrogens with zero attached hydrogens (tertiary/aromatic N) is 1. The molecule has 0 aromatic heterocycles. The summed E-state index contributed by atoms with van der Waals surface area (Å²) in [6.45, 7) is 12.3. The Morgan fingerprint density at radius 1 is 0.967 bits per heavy atom. The quantitative estimate of drug-likeness (QED) is 0.643. The first kappa shape index (κ1) is 23.6. The summed E-state index contributed by atoms with van der Waals surface area (Å²) >= 11 is 0. The number of hydrogen-bond acceptors (Lipinski definition) is 3. The van der Waals surface area contributed by atoms with Gasteiger partial charge in [0, 0.05) is 11.4 Å². The molecule has 0 aliphatic rings. The van der Waals surface area contributed by atoms with E-state index < -0.39 is 6.04 Å². The lowest BCUT2D eigenvalue weighted by atomic mass is 9.98. The van der Waals surface area contributed by atoms with Crippen LogP contribution in [0.1, 0.15) is 55.4 Å². The van der Waals surface area contributed by atoms with Gasteiger partial charge in [0.1, 0.15) is 0 Å². The smallest absolute Gasteiger partial charge is 0.241 e. The van der Waals surface area contributed by atoms with Crippen LogP contribution in [0.5, 0.6) is 0 Å². The maximum atomic E-state index is 12.6. The molecule has 0 radical (unpaired) electrons. The fourth-order valence-corrected chi connectivity index (χ4v) is 3.50. The molecule has 2 amide bonds. The highest BCUT2D eigenvalue weighted by atomic mass is 16.2. The lowest BCUT2D eigenvalue weighted by Gasteiger charge is -2.24. The lowest BCUT2D eigenvalue weighted by Crippen LogP contribution is -2.43. The van der Waals surface area contributed by atoms with Gasteiger partial charge in [-0.05, 0) is 75.9 Å². The topological polar surface area (TPSA) is 61.4 Å². The molecule has 0 aliphatic carbocycles. The summed E-state index contributed by atoms with van der Waals surface area (Å²) in [5, 5.41) is 5.93. The van der Waals surface area contributed by atoms with Gasteiger partial charge in [0.05, 0.1) is 12.6 Å². The minimum atomic E-state index is -0.440. The second-order valence-corrected chi connectivity index (χ2v) is 8.33. The van der Waals surface area contributed by atoms with Crippen LogP contribution in [0, 0.1) is 20.8 Å². The van der Waals surface area contributed by atoms with Gasteiger partial charge in [-0.3, -0.25) is 14.5 Å². The molecule has 0 fully saturated rings. The van der Waals surface area contributed by atoms with E-state index in [1.54, 1.807) is 18.9 Å². The average molecular weight is 410 g/mol. The van der Waals surface area contributed by atoms with Crippen molar-refractivity contribution in [1.82, 2.24) is 4.90 Å². The van der Waals surface area contributed by atoms with Gasteiger partial charge in [0.25, 0.3) is 0 Å². The van der Waals surface area contributed by atoms with Crippen LogP contribution in [0.3, 0.4) is 0 Å². The Labute approximate surface area is 180 Å². The van der Waals surface area contributed by atoms with E-state index in [4.69, 9.17) is 0 Å². The van der Waals surface area contributed by atoms with Crippen LogP contribution in [0.25, 0.3) is 0 Å². The zero-order valence-corrected chi connectivity index (χ0v) is 19.3. The van der Waals surface area contributed by atoms with Gasteiger partial charge in [0.2, 0.25) is 11.8 Å². The summed E-state index contributed by atoms with van der Waals surface area (Å²) in [5.41, 5.74) is 6.12. The SMILES string of the molecule is CCC(C)c1ccc(NC(=O)C(C)N(C)CC(=O)Nc2c(C)cc(C)cc2C)cc1. The molecule has 5 heteroatoms. The Morgan fingerprint density at radius 2 is 1.53 bits per heavy atom. The third-order valence-electron chi connectivity index (χ3n) is 5.73.